The SMILES string of the molecule is Cn1c(=O)n(CCCOC2CCCCO2)c(=O)c2cc(Oc3cccc(OC(F)(F)F)c3)cnc21. The Labute approximate surface area is 197 Å². The Bertz CT molecular complexity index is 1300. The molecule has 1 unspecified atom stereocenters. The van der Waals surface area contributed by atoms with Gasteiger partial charge in [0.25, 0.3) is 5.56 Å². The summed E-state index contributed by atoms with van der Waals surface area (Å²) in [6.07, 6.45) is -0.535. The molecule has 0 amide bonds. The highest BCUT2D eigenvalue weighted by molar-refractivity contribution is 5.75. The third kappa shape index (κ3) is 6.20. The van der Waals surface area contributed by atoms with Crippen LogP contribution in [-0.4, -0.2) is 40.0 Å². The maximum absolute atomic E-state index is 13.1. The molecule has 1 atom stereocenters. The minimum Gasteiger partial charge on any atom is -0.456 e. The second-order valence-corrected chi connectivity index (χ2v) is 7.99. The van der Waals surface area contributed by atoms with Gasteiger partial charge in [-0.05, 0) is 43.9 Å². The summed E-state index contributed by atoms with van der Waals surface area (Å²) in [6, 6.07) is 6.36. The van der Waals surface area contributed by atoms with E-state index in [1.165, 1.54) is 36.0 Å². The summed E-state index contributed by atoms with van der Waals surface area (Å²) in [6.45, 7) is 1.12. The summed E-state index contributed by atoms with van der Waals surface area (Å²) in [7, 11) is 1.50. The quantitative estimate of drug-likeness (QED) is 0.440. The van der Waals surface area contributed by atoms with Crippen molar-refractivity contribution in [1.29, 1.82) is 0 Å². The number of hydrogen-bond acceptors (Lipinski definition) is 7. The minimum absolute atomic E-state index is 0.0557. The van der Waals surface area contributed by atoms with Crippen LogP contribution in [0.2, 0.25) is 0 Å². The highest BCUT2D eigenvalue weighted by atomic mass is 19.4. The molecular formula is C23H24F3N3O6. The summed E-state index contributed by atoms with van der Waals surface area (Å²) in [4.78, 5) is 29.9. The molecule has 35 heavy (non-hydrogen) atoms. The maximum Gasteiger partial charge on any atom is 0.573 e. The van der Waals surface area contributed by atoms with Gasteiger partial charge in [-0.15, -0.1) is 13.2 Å². The number of ether oxygens (including phenoxy) is 4. The lowest BCUT2D eigenvalue weighted by Crippen LogP contribution is -2.39. The molecule has 3 aromatic rings. The Kier molecular flexibility index (Phi) is 7.41. The van der Waals surface area contributed by atoms with Gasteiger partial charge < -0.3 is 18.9 Å². The standard InChI is InChI=1S/C23H24F3N3O6/c1-28-20-18(21(30)29(22(28)31)9-5-11-33-19-8-2-3-10-32-19)13-17(14-27-20)34-15-6-4-7-16(12-15)35-23(24,25)26/h4,6-7,12-14,19H,2-3,5,8-11H2,1H3. The van der Waals surface area contributed by atoms with Crippen molar-refractivity contribution in [3.8, 4) is 17.2 Å². The number of nitrogens with zero attached hydrogens (tertiary/aromatic N) is 3. The predicted octanol–water partition coefficient (Wildman–Crippen LogP) is 3.72. The van der Waals surface area contributed by atoms with Crippen LogP contribution in [0.4, 0.5) is 13.2 Å². The van der Waals surface area contributed by atoms with E-state index >= 15 is 0 Å². The lowest BCUT2D eigenvalue weighted by Gasteiger charge is -2.22. The van der Waals surface area contributed by atoms with Gasteiger partial charge in [0.15, 0.2) is 6.29 Å². The van der Waals surface area contributed by atoms with Gasteiger partial charge in [0.2, 0.25) is 0 Å². The topological polar surface area (TPSA) is 93.8 Å². The molecule has 1 fully saturated rings. The van der Waals surface area contributed by atoms with Gasteiger partial charge >= 0.3 is 12.1 Å². The van der Waals surface area contributed by atoms with Crippen molar-refractivity contribution in [1.82, 2.24) is 14.1 Å². The van der Waals surface area contributed by atoms with E-state index in [2.05, 4.69) is 9.72 Å². The second-order valence-electron chi connectivity index (χ2n) is 7.99. The smallest absolute Gasteiger partial charge is 0.456 e. The van der Waals surface area contributed by atoms with Crippen LogP contribution in [-0.2, 0) is 23.1 Å². The molecule has 9 nitrogen and oxygen atoms in total. The molecule has 1 aliphatic rings. The summed E-state index contributed by atoms with van der Waals surface area (Å²) in [5.41, 5.74) is -0.914. The Hall–Kier alpha value is -3.38. The number of alkyl halides is 3. The van der Waals surface area contributed by atoms with Crippen LogP contribution in [0.1, 0.15) is 25.7 Å². The average Bonchev–Trinajstić information content (AvgIpc) is 2.82. The fourth-order valence-corrected chi connectivity index (χ4v) is 3.77. The van der Waals surface area contributed by atoms with Crippen LogP contribution in [0.25, 0.3) is 11.0 Å². The van der Waals surface area contributed by atoms with E-state index in [1.807, 2.05) is 0 Å². The van der Waals surface area contributed by atoms with E-state index in [0.29, 0.717) is 19.6 Å². The summed E-state index contributed by atoms with van der Waals surface area (Å²) < 4.78 is 60.5. The van der Waals surface area contributed by atoms with Crippen LogP contribution < -0.4 is 20.7 Å². The van der Waals surface area contributed by atoms with E-state index in [-0.39, 0.29) is 35.4 Å². The first kappa shape index (κ1) is 24.7. The number of pyridine rings is 1. The molecule has 1 aliphatic heterocycles. The van der Waals surface area contributed by atoms with E-state index in [9.17, 15) is 22.8 Å². The van der Waals surface area contributed by atoms with Gasteiger partial charge in [-0.3, -0.25) is 13.9 Å². The molecule has 2 aromatic heterocycles. The zero-order chi connectivity index (χ0) is 25.0. The molecule has 0 spiro atoms. The first-order valence-corrected chi connectivity index (χ1v) is 11.1. The molecule has 3 heterocycles. The van der Waals surface area contributed by atoms with Crippen molar-refractivity contribution < 1.29 is 32.1 Å². The number of aromatic nitrogens is 3. The number of hydrogen-bond donors (Lipinski definition) is 0. The number of halogens is 3. The van der Waals surface area contributed by atoms with Crippen molar-refractivity contribution in [2.75, 3.05) is 13.2 Å². The molecule has 12 heteroatoms. The van der Waals surface area contributed by atoms with E-state index in [0.717, 1.165) is 36.0 Å². The molecule has 1 aromatic carbocycles. The molecule has 188 valence electrons. The zero-order valence-electron chi connectivity index (χ0n) is 18.9. The van der Waals surface area contributed by atoms with Crippen molar-refractivity contribution >= 4 is 11.0 Å². The van der Waals surface area contributed by atoms with Crippen LogP contribution >= 0.6 is 0 Å². The van der Waals surface area contributed by atoms with Crippen LogP contribution in [0, 0.1) is 0 Å². The normalized spacial score (nSPS) is 16.4. The molecule has 1 saturated heterocycles. The van der Waals surface area contributed by atoms with Crippen LogP contribution in [0.3, 0.4) is 0 Å². The first-order chi connectivity index (χ1) is 16.7. The minimum atomic E-state index is -4.84. The zero-order valence-corrected chi connectivity index (χ0v) is 18.9. The fourth-order valence-electron chi connectivity index (χ4n) is 3.77. The lowest BCUT2D eigenvalue weighted by molar-refractivity contribution is -0.274. The molecule has 0 radical (unpaired) electrons. The first-order valence-electron chi connectivity index (χ1n) is 11.1. The predicted molar refractivity (Wildman–Crippen MR) is 119 cm³/mol. The Balaban J connectivity index is 1.52. The third-order valence-electron chi connectivity index (χ3n) is 5.40. The van der Waals surface area contributed by atoms with E-state index < -0.39 is 23.4 Å². The molecule has 0 bridgehead atoms. The fraction of sp³-hybridized carbons (Fsp3) is 0.435. The van der Waals surface area contributed by atoms with Crippen molar-refractivity contribution in [3.63, 3.8) is 0 Å². The monoisotopic (exact) mass is 495 g/mol. The molecule has 0 aliphatic carbocycles. The van der Waals surface area contributed by atoms with Crippen molar-refractivity contribution in [2.24, 2.45) is 7.05 Å². The molecule has 0 N–H and O–H groups in total. The number of benzene rings is 1. The van der Waals surface area contributed by atoms with Gasteiger partial charge in [0.1, 0.15) is 22.9 Å². The summed E-state index contributed by atoms with van der Waals surface area (Å²) >= 11 is 0. The van der Waals surface area contributed by atoms with Gasteiger partial charge in [-0.2, -0.15) is 0 Å². The van der Waals surface area contributed by atoms with Gasteiger partial charge in [-0.25, -0.2) is 9.78 Å². The number of aryl methyl sites for hydroxylation is 1. The maximum atomic E-state index is 13.1. The highest BCUT2D eigenvalue weighted by Crippen LogP contribution is 2.29. The Morgan fingerprint density at radius 3 is 2.69 bits per heavy atom. The lowest BCUT2D eigenvalue weighted by atomic mass is 10.2. The second kappa shape index (κ2) is 10.5. The van der Waals surface area contributed by atoms with Gasteiger partial charge in [0.05, 0.1) is 18.2 Å². The number of fused-ring (bicyclic) bond motifs is 1. The largest absolute Gasteiger partial charge is 0.573 e. The van der Waals surface area contributed by atoms with Crippen molar-refractivity contribution in [2.45, 2.75) is 44.9 Å². The summed E-state index contributed by atoms with van der Waals surface area (Å²) in [5, 5.41) is 0.129. The molecule has 0 saturated carbocycles. The van der Waals surface area contributed by atoms with Crippen LogP contribution in [0.5, 0.6) is 17.2 Å². The van der Waals surface area contributed by atoms with E-state index in [4.69, 9.17) is 14.2 Å². The molecular weight excluding hydrogens is 471 g/mol. The van der Waals surface area contributed by atoms with Gasteiger partial charge in [0, 0.05) is 26.3 Å². The Morgan fingerprint density at radius 1 is 1.14 bits per heavy atom. The van der Waals surface area contributed by atoms with Crippen molar-refractivity contribution in [3.05, 3.63) is 57.4 Å². The number of rotatable bonds is 8. The van der Waals surface area contributed by atoms with Crippen LogP contribution in [0.15, 0.2) is 46.1 Å². The van der Waals surface area contributed by atoms with Gasteiger partial charge in [-0.1, -0.05) is 6.07 Å². The average molecular weight is 495 g/mol. The molecule has 4 rings (SSSR count). The third-order valence-corrected chi connectivity index (χ3v) is 5.40. The Morgan fingerprint density at radius 2 is 1.94 bits per heavy atom. The highest BCUT2D eigenvalue weighted by Gasteiger charge is 2.31. The summed E-state index contributed by atoms with van der Waals surface area (Å²) in [5.74, 6) is -0.281. The van der Waals surface area contributed by atoms with E-state index in [1.54, 1.807) is 0 Å².